The quantitative estimate of drug-likeness (QED) is 0.863. The summed E-state index contributed by atoms with van der Waals surface area (Å²) in [6.45, 7) is 3.00. The van der Waals surface area contributed by atoms with Crippen molar-refractivity contribution in [2.24, 2.45) is 5.73 Å². The molecule has 1 fully saturated rings. The summed E-state index contributed by atoms with van der Waals surface area (Å²) in [5, 5.41) is 3.20. The normalized spacial score (nSPS) is 18.3. The van der Waals surface area contributed by atoms with Crippen LogP contribution in [0.15, 0.2) is 18.2 Å². The molecule has 2 amide bonds. The van der Waals surface area contributed by atoms with E-state index in [1.165, 1.54) is 11.0 Å². The first kappa shape index (κ1) is 15.4. The van der Waals surface area contributed by atoms with Crippen molar-refractivity contribution in [3.8, 4) is 0 Å². The lowest BCUT2D eigenvalue weighted by atomic mass is 10.0. The van der Waals surface area contributed by atoms with Gasteiger partial charge < -0.3 is 16.0 Å². The average molecular weight is 293 g/mol. The Balaban J connectivity index is 2.23. The highest BCUT2D eigenvalue weighted by Gasteiger charge is 2.27. The molecule has 1 aromatic rings. The van der Waals surface area contributed by atoms with Crippen LogP contribution in [0.4, 0.5) is 4.39 Å². The molecule has 5 nitrogen and oxygen atoms in total. The number of amides is 2. The summed E-state index contributed by atoms with van der Waals surface area (Å²) in [4.78, 5) is 25.3. The van der Waals surface area contributed by atoms with Crippen LogP contribution in [0.1, 0.15) is 28.8 Å². The topological polar surface area (TPSA) is 75.4 Å². The summed E-state index contributed by atoms with van der Waals surface area (Å²) in [7, 11) is 0. The number of aryl methyl sites for hydroxylation is 1. The highest BCUT2D eigenvalue weighted by atomic mass is 19.1. The summed E-state index contributed by atoms with van der Waals surface area (Å²) in [5.41, 5.74) is 5.96. The number of hydrogen-bond acceptors (Lipinski definition) is 3. The number of carbonyl (C=O) groups is 2. The number of halogens is 1. The Kier molecular flexibility index (Phi) is 4.90. The van der Waals surface area contributed by atoms with Gasteiger partial charge in [0.05, 0.1) is 6.54 Å². The number of rotatable bonds is 4. The molecule has 1 aromatic carbocycles. The van der Waals surface area contributed by atoms with Gasteiger partial charge in [-0.15, -0.1) is 0 Å². The van der Waals surface area contributed by atoms with E-state index < -0.39 is 11.7 Å². The summed E-state index contributed by atoms with van der Waals surface area (Å²) < 4.78 is 13.6. The van der Waals surface area contributed by atoms with Crippen molar-refractivity contribution in [1.29, 1.82) is 0 Å². The zero-order chi connectivity index (χ0) is 15.4. The van der Waals surface area contributed by atoms with Crippen LogP contribution in [-0.4, -0.2) is 42.4 Å². The van der Waals surface area contributed by atoms with Gasteiger partial charge in [0, 0.05) is 18.2 Å². The first-order valence-electron chi connectivity index (χ1n) is 7.05. The Morgan fingerprint density at radius 2 is 2.24 bits per heavy atom. The van der Waals surface area contributed by atoms with Gasteiger partial charge in [-0.1, -0.05) is 6.07 Å². The molecule has 0 aromatic heterocycles. The van der Waals surface area contributed by atoms with E-state index in [2.05, 4.69) is 5.32 Å². The molecule has 1 aliphatic rings. The molecule has 3 N–H and O–H groups in total. The van der Waals surface area contributed by atoms with Crippen LogP contribution in [0, 0.1) is 12.7 Å². The Bertz CT molecular complexity index is 542. The highest BCUT2D eigenvalue weighted by Crippen LogP contribution is 2.16. The molecule has 1 heterocycles. The van der Waals surface area contributed by atoms with Crippen molar-refractivity contribution in [1.82, 2.24) is 10.2 Å². The molecule has 2 rings (SSSR count). The molecular weight excluding hydrogens is 273 g/mol. The van der Waals surface area contributed by atoms with Gasteiger partial charge in [-0.3, -0.25) is 9.59 Å². The Morgan fingerprint density at radius 1 is 1.48 bits per heavy atom. The van der Waals surface area contributed by atoms with E-state index in [0.29, 0.717) is 12.1 Å². The lowest BCUT2D eigenvalue weighted by molar-refractivity contribution is -0.119. The van der Waals surface area contributed by atoms with Crippen LogP contribution in [0.2, 0.25) is 0 Å². The molecule has 0 saturated carbocycles. The number of carbonyl (C=O) groups excluding carboxylic acids is 2. The van der Waals surface area contributed by atoms with E-state index in [1.54, 1.807) is 19.1 Å². The van der Waals surface area contributed by atoms with E-state index in [0.717, 1.165) is 19.4 Å². The third-order valence-corrected chi connectivity index (χ3v) is 3.72. The number of nitrogens with two attached hydrogens (primary N) is 1. The smallest absolute Gasteiger partial charge is 0.254 e. The first-order valence-corrected chi connectivity index (χ1v) is 7.05. The number of nitrogens with zero attached hydrogens (tertiary/aromatic N) is 1. The fraction of sp³-hybridized carbons (Fsp3) is 0.467. The molecule has 0 aliphatic carbocycles. The van der Waals surface area contributed by atoms with E-state index in [-0.39, 0.29) is 24.1 Å². The SMILES string of the molecule is Cc1ccc(C(=O)N(CC(N)=O)C2CCCNC2)cc1F. The van der Waals surface area contributed by atoms with Crippen LogP contribution in [0.5, 0.6) is 0 Å². The second kappa shape index (κ2) is 6.67. The van der Waals surface area contributed by atoms with Crippen LogP contribution in [0.3, 0.4) is 0 Å². The Labute approximate surface area is 123 Å². The van der Waals surface area contributed by atoms with Crippen molar-refractivity contribution in [2.45, 2.75) is 25.8 Å². The maximum absolute atomic E-state index is 13.6. The zero-order valence-corrected chi connectivity index (χ0v) is 12.1. The van der Waals surface area contributed by atoms with E-state index in [1.807, 2.05) is 0 Å². The van der Waals surface area contributed by atoms with Gasteiger partial charge in [0.2, 0.25) is 5.91 Å². The largest absolute Gasteiger partial charge is 0.368 e. The second-order valence-electron chi connectivity index (χ2n) is 5.36. The molecule has 0 radical (unpaired) electrons. The molecule has 21 heavy (non-hydrogen) atoms. The third kappa shape index (κ3) is 3.78. The van der Waals surface area contributed by atoms with Gasteiger partial charge in [-0.05, 0) is 44.0 Å². The second-order valence-corrected chi connectivity index (χ2v) is 5.36. The maximum atomic E-state index is 13.6. The highest BCUT2D eigenvalue weighted by molar-refractivity contribution is 5.96. The first-order chi connectivity index (χ1) is 9.99. The van der Waals surface area contributed by atoms with Crippen molar-refractivity contribution in [2.75, 3.05) is 19.6 Å². The van der Waals surface area contributed by atoms with Gasteiger partial charge in [0.1, 0.15) is 5.82 Å². The van der Waals surface area contributed by atoms with E-state index in [9.17, 15) is 14.0 Å². The minimum atomic E-state index is -0.568. The fourth-order valence-corrected chi connectivity index (χ4v) is 2.53. The van der Waals surface area contributed by atoms with Crippen LogP contribution >= 0.6 is 0 Å². The van der Waals surface area contributed by atoms with Crippen molar-refractivity contribution in [3.05, 3.63) is 35.1 Å². The molecule has 6 heteroatoms. The molecule has 1 saturated heterocycles. The Hall–Kier alpha value is -1.95. The summed E-state index contributed by atoms with van der Waals surface area (Å²) in [6, 6.07) is 4.25. The molecule has 0 spiro atoms. The number of benzene rings is 1. The number of hydrogen-bond donors (Lipinski definition) is 2. The molecular formula is C15H20FN3O2. The van der Waals surface area contributed by atoms with Gasteiger partial charge in [0.25, 0.3) is 5.91 Å². The monoisotopic (exact) mass is 293 g/mol. The lowest BCUT2D eigenvalue weighted by Gasteiger charge is -2.34. The number of primary amides is 1. The van der Waals surface area contributed by atoms with E-state index >= 15 is 0 Å². The summed E-state index contributed by atoms with van der Waals surface area (Å²) in [6.07, 6.45) is 1.73. The van der Waals surface area contributed by atoms with Gasteiger partial charge >= 0.3 is 0 Å². The van der Waals surface area contributed by atoms with Crippen molar-refractivity contribution < 1.29 is 14.0 Å². The molecule has 1 atom stereocenters. The van der Waals surface area contributed by atoms with Crippen molar-refractivity contribution >= 4 is 11.8 Å². The number of piperidine rings is 1. The fourth-order valence-electron chi connectivity index (χ4n) is 2.53. The third-order valence-electron chi connectivity index (χ3n) is 3.72. The minimum absolute atomic E-state index is 0.0943. The summed E-state index contributed by atoms with van der Waals surface area (Å²) >= 11 is 0. The zero-order valence-electron chi connectivity index (χ0n) is 12.1. The van der Waals surface area contributed by atoms with Gasteiger partial charge in [0.15, 0.2) is 0 Å². The van der Waals surface area contributed by atoms with Crippen molar-refractivity contribution in [3.63, 3.8) is 0 Å². The van der Waals surface area contributed by atoms with Crippen LogP contribution in [-0.2, 0) is 4.79 Å². The Morgan fingerprint density at radius 3 is 2.81 bits per heavy atom. The standard InChI is InChI=1S/C15H20FN3O2/c1-10-4-5-11(7-13(10)16)15(21)19(9-14(17)20)12-3-2-6-18-8-12/h4-5,7,12,18H,2-3,6,8-9H2,1H3,(H2,17,20). The lowest BCUT2D eigenvalue weighted by Crippen LogP contribution is -2.51. The van der Waals surface area contributed by atoms with Gasteiger partial charge in [-0.2, -0.15) is 0 Å². The molecule has 114 valence electrons. The van der Waals surface area contributed by atoms with Crippen LogP contribution < -0.4 is 11.1 Å². The van der Waals surface area contributed by atoms with Crippen LogP contribution in [0.25, 0.3) is 0 Å². The number of nitrogens with one attached hydrogen (secondary N) is 1. The molecule has 1 unspecified atom stereocenters. The average Bonchev–Trinajstić information content (AvgIpc) is 2.47. The predicted octanol–water partition coefficient (Wildman–Crippen LogP) is 0.814. The summed E-state index contributed by atoms with van der Waals surface area (Å²) in [5.74, 6) is -1.36. The van der Waals surface area contributed by atoms with E-state index in [4.69, 9.17) is 5.73 Å². The molecule has 1 aliphatic heterocycles. The molecule has 0 bridgehead atoms. The predicted molar refractivity (Wildman–Crippen MR) is 77.3 cm³/mol. The van der Waals surface area contributed by atoms with Gasteiger partial charge in [-0.25, -0.2) is 4.39 Å². The minimum Gasteiger partial charge on any atom is -0.368 e. The maximum Gasteiger partial charge on any atom is 0.254 e.